The second-order valence-electron chi connectivity index (χ2n) is 3.51. The number of benzene rings is 1. The highest BCUT2D eigenvalue weighted by Gasteiger charge is 2.30. The molecule has 0 bridgehead atoms. The van der Waals surface area contributed by atoms with Gasteiger partial charge in [-0.3, -0.25) is 9.59 Å². The summed E-state index contributed by atoms with van der Waals surface area (Å²) in [6, 6.07) is 5.54. The molecule has 0 aliphatic carbocycles. The molecule has 1 aromatic rings. The van der Waals surface area contributed by atoms with Crippen LogP contribution < -0.4 is 9.64 Å². The molecule has 0 aromatic heterocycles. The van der Waals surface area contributed by atoms with Gasteiger partial charge >= 0.3 is 0 Å². The lowest BCUT2D eigenvalue weighted by Crippen LogP contribution is -2.25. The van der Waals surface area contributed by atoms with Gasteiger partial charge in [-0.15, -0.1) is 0 Å². The van der Waals surface area contributed by atoms with Crippen molar-refractivity contribution in [2.75, 3.05) is 18.6 Å². The molecule has 0 unspecified atom stereocenters. The summed E-state index contributed by atoms with van der Waals surface area (Å²) in [5.74, 6) is 0.402. The fourth-order valence-electron chi connectivity index (χ4n) is 1.68. The number of hydrogen-bond acceptors (Lipinski definition) is 3. The molecule has 2 rings (SSSR count). The Labute approximate surface area is 107 Å². The van der Waals surface area contributed by atoms with E-state index in [1.807, 2.05) is 12.1 Å². The van der Waals surface area contributed by atoms with Crippen LogP contribution in [0.2, 0.25) is 0 Å². The molecule has 4 nitrogen and oxygen atoms in total. The van der Waals surface area contributed by atoms with E-state index in [9.17, 15) is 9.59 Å². The summed E-state index contributed by atoms with van der Waals surface area (Å²) < 4.78 is 6.19. The van der Waals surface area contributed by atoms with Crippen molar-refractivity contribution in [1.29, 1.82) is 0 Å². The van der Waals surface area contributed by atoms with Crippen LogP contribution in [0.15, 0.2) is 18.2 Å². The van der Waals surface area contributed by atoms with Crippen molar-refractivity contribution >= 4 is 40.0 Å². The first-order chi connectivity index (χ1) is 7.61. The predicted octanol–water partition coefficient (Wildman–Crippen LogP) is 1.61. The molecule has 1 aliphatic heterocycles. The maximum atomic E-state index is 11.6. The first-order valence-electron chi connectivity index (χ1n) is 4.77. The third-order valence-corrected chi connectivity index (χ3v) is 3.09. The summed E-state index contributed by atoms with van der Waals surface area (Å²) in [5, 5.41) is 0. The zero-order valence-electron chi connectivity index (χ0n) is 8.70. The average molecular weight is 331 g/mol. The van der Waals surface area contributed by atoms with Crippen LogP contribution in [0.5, 0.6) is 5.75 Å². The third-order valence-electron chi connectivity index (χ3n) is 2.42. The van der Waals surface area contributed by atoms with Crippen molar-refractivity contribution in [2.24, 2.45) is 0 Å². The number of rotatable bonds is 2. The van der Waals surface area contributed by atoms with Crippen molar-refractivity contribution < 1.29 is 14.3 Å². The minimum atomic E-state index is -0.162. The second kappa shape index (κ2) is 4.40. The van der Waals surface area contributed by atoms with E-state index in [2.05, 4.69) is 22.6 Å². The lowest BCUT2D eigenvalue weighted by Gasteiger charge is -2.18. The van der Waals surface area contributed by atoms with Gasteiger partial charge in [-0.2, -0.15) is 0 Å². The Bertz CT molecular complexity index is 459. The maximum absolute atomic E-state index is 11.6. The molecular weight excluding hydrogens is 321 g/mol. The minimum absolute atomic E-state index is 0.00533. The molecule has 1 saturated heterocycles. The van der Waals surface area contributed by atoms with E-state index >= 15 is 0 Å². The number of carbonyl (C=O) groups is 2. The van der Waals surface area contributed by atoms with Crippen LogP contribution in [0.1, 0.15) is 6.42 Å². The molecule has 84 valence electrons. The van der Waals surface area contributed by atoms with Crippen LogP contribution in [0.3, 0.4) is 0 Å². The Morgan fingerprint density at radius 2 is 2.12 bits per heavy atom. The topological polar surface area (TPSA) is 46.6 Å². The number of halogens is 1. The first-order valence-corrected chi connectivity index (χ1v) is 5.85. The quantitative estimate of drug-likeness (QED) is 0.611. The lowest BCUT2D eigenvalue weighted by molar-refractivity contribution is -0.121. The summed E-state index contributed by atoms with van der Waals surface area (Å²) in [4.78, 5) is 24.3. The maximum Gasteiger partial charge on any atom is 0.235 e. The molecule has 5 heteroatoms. The van der Waals surface area contributed by atoms with Crippen LogP contribution in [-0.4, -0.2) is 25.3 Å². The number of methoxy groups -OCH3 is 1. The molecule has 1 amide bonds. The fraction of sp³-hybridized carbons (Fsp3) is 0.273. The second-order valence-corrected chi connectivity index (χ2v) is 4.76. The van der Waals surface area contributed by atoms with Crippen LogP contribution >= 0.6 is 22.6 Å². The first kappa shape index (κ1) is 11.4. The zero-order valence-corrected chi connectivity index (χ0v) is 10.9. The number of anilines is 1. The van der Waals surface area contributed by atoms with Crippen molar-refractivity contribution in [3.05, 3.63) is 21.8 Å². The van der Waals surface area contributed by atoms with Crippen LogP contribution in [0, 0.1) is 3.57 Å². The van der Waals surface area contributed by atoms with Crippen molar-refractivity contribution in [1.82, 2.24) is 0 Å². The van der Waals surface area contributed by atoms with Gasteiger partial charge in [0.25, 0.3) is 0 Å². The summed E-state index contributed by atoms with van der Waals surface area (Å²) in [6.45, 7) is 0.148. The van der Waals surface area contributed by atoms with Crippen molar-refractivity contribution in [3.8, 4) is 5.75 Å². The van der Waals surface area contributed by atoms with E-state index in [0.717, 1.165) is 3.57 Å². The number of nitrogens with zero attached hydrogens (tertiary/aromatic N) is 1. The Balaban J connectivity index is 2.42. The predicted molar refractivity (Wildman–Crippen MR) is 67.7 cm³/mol. The van der Waals surface area contributed by atoms with Gasteiger partial charge in [0.2, 0.25) is 5.91 Å². The smallest absolute Gasteiger partial charge is 0.235 e. The monoisotopic (exact) mass is 331 g/mol. The molecule has 0 N–H and O–H groups in total. The summed E-state index contributed by atoms with van der Waals surface area (Å²) in [5.41, 5.74) is 0.672. The molecule has 0 atom stereocenters. The highest BCUT2D eigenvalue weighted by atomic mass is 127. The molecule has 1 aromatic carbocycles. The SMILES string of the molecule is COc1ccc(I)cc1N1CC(=O)CC1=O. The molecule has 0 spiro atoms. The Kier molecular flexibility index (Phi) is 3.13. The molecule has 16 heavy (non-hydrogen) atoms. The average Bonchev–Trinajstić information content (AvgIpc) is 2.57. The van der Waals surface area contributed by atoms with Gasteiger partial charge in [0.1, 0.15) is 5.75 Å². The Morgan fingerprint density at radius 1 is 1.38 bits per heavy atom. The van der Waals surface area contributed by atoms with E-state index in [-0.39, 0.29) is 24.7 Å². The van der Waals surface area contributed by atoms with E-state index in [1.165, 1.54) is 4.90 Å². The minimum Gasteiger partial charge on any atom is -0.495 e. The number of carbonyl (C=O) groups excluding carboxylic acids is 2. The van der Waals surface area contributed by atoms with E-state index in [1.54, 1.807) is 13.2 Å². The summed E-state index contributed by atoms with van der Waals surface area (Å²) >= 11 is 2.16. The number of hydrogen-bond donors (Lipinski definition) is 0. The van der Waals surface area contributed by atoms with Gasteiger partial charge in [-0.1, -0.05) is 0 Å². The third kappa shape index (κ3) is 2.04. The normalized spacial score (nSPS) is 15.8. The highest BCUT2D eigenvalue weighted by molar-refractivity contribution is 14.1. The zero-order chi connectivity index (χ0) is 11.7. The standard InChI is InChI=1S/C11H10INO3/c1-16-10-3-2-7(12)4-9(10)13-6-8(14)5-11(13)15/h2-4H,5-6H2,1H3. The van der Waals surface area contributed by atoms with Gasteiger partial charge in [-0.05, 0) is 40.8 Å². The summed E-state index contributed by atoms with van der Waals surface area (Å²) in [6.07, 6.45) is -0.00533. The van der Waals surface area contributed by atoms with E-state index in [0.29, 0.717) is 11.4 Å². The van der Waals surface area contributed by atoms with E-state index in [4.69, 9.17) is 4.74 Å². The van der Waals surface area contributed by atoms with Gasteiger partial charge < -0.3 is 9.64 Å². The number of Topliss-reactive ketones (excluding diaryl/α,β-unsaturated/α-hetero) is 1. The largest absolute Gasteiger partial charge is 0.495 e. The lowest BCUT2D eigenvalue weighted by atomic mass is 10.2. The Morgan fingerprint density at radius 3 is 2.69 bits per heavy atom. The van der Waals surface area contributed by atoms with Crippen LogP contribution in [0.25, 0.3) is 0 Å². The molecule has 1 fully saturated rings. The Hall–Kier alpha value is -1.11. The van der Waals surface area contributed by atoms with Crippen LogP contribution in [-0.2, 0) is 9.59 Å². The number of ketones is 1. The summed E-state index contributed by atoms with van der Waals surface area (Å²) in [7, 11) is 1.55. The molecule has 1 heterocycles. The van der Waals surface area contributed by atoms with Crippen molar-refractivity contribution in [2.45, 2.75) is 6.42 Å². The van der Waals surface area contributed by atoms with Crippen molar-refractivity contribution in [3.63, 3.8) is 0 Å². The fourth-order valence-corrected chi connectivity index (χ4v) is 2.15. The number of amides is 1. The van der Waals surface area contributed by atoms with Gasteiger partial charge in [0, 0.05) is 3.57 Å². The molecule has 0 saturated carbocycles. The number of ether oxygens (including phenoxy) is 1. The van der Waals surface area contributed by atoms with Gasteiger partial charge in [-0.25, -0.2) is 0 Å². The van der Waals surface area contributed by atoms with E-state index < -0.39 is 0 Å². The molecular formula is C11H10INO3. The van der Waals surface area contributed by atoms with Gasteiger partial charge in [0.05, 0.1) is 25.8 Å². The molecule has 1 aliphatic rings. The van der Waals surface area contributed by atoms with Gasteiger partial charge in [0.15, 0.2) is 5.78 Å². The highest BCUT2D eigenvalue weighted by Crippen LogP contribution is 2.32. The molecule has 0 radical (unpaired) electrons. The van der Waals surface area contributed by atoms with Crippen LogP contribution in [0.4, 0.5) is 5.69 Å².